The molecule has 2 N–H and O–H groups in total. The van der Waals surface area contributed by atoms with Crippen molar-refractivity contribution in [2.75, 3.05) is 5.32 Å². The Labute approximate surface area is 192 Å². The number of rotatable bonds is 5. The number of nitrogens with one attached hydrogen (secondary N) is 2. The average Bonchev–Trinajstić information content (AvgIpc) is 3.24. The molecular formula is C24H20F3N5O2. The molecule has 4 aromatic rings. The number of benzene rings is 1. The second kappa shape index (κ2) is 8.97. The van der Waals surface area contributed by atoms with Crippen molar-refractivity contribution in [3.63, 3.8) is 0 Å². The molecule has 3 heterocycles. The van der Waals surface area contributed by atoms with Crippen LogP contribution < -0.4 is 10.6 Å². The molecule has 0 spiro atoms. The first-order valence-electron chi connectivity index (χ1n) is 10.3. The Hall–Kier alpha value is -4.21. The maximum absolute atomic E-state index is 12.9. The van der Waals surface area contributed by atoms with Gasteiger partial charge < -0.3 is 10.6 Å². The molecule has 0 radical (unpaired) electrons. The van der Waals surface area contributed by atoms with Gasteiger partial charge in [-0.05, 0) is 49.2 Å². The first kappa shape index (κ1) is 23.0. The molecule has 0 unspecified atom stereocenters. The van der Waals surface area contributed by atoms with Crippen LogP contribution in [0, 0.1) is 6.92 Å². The molecule has 0 fully saturated rings. The monoisotopic (exact) mass is 467 g/mol. The van der Waals surface area contributed by atoms with Crippen LogP contribution in [0.25, 0.3) is 5.65 Å². The van der Waals surface area contributed by atoms with Gasteiger partial charge in [0.1, 0.15) is 11.3 Å². The molecule has 1 aromatic carbocycles. The highest BCUT2D eigenvalue weighted by atomic mass is 19.4. The number of aromatic nitrogens is 3. The summed E-state index contributed by atoms with van der Waals surface area (Å²) in [5.74, 6) is -1.05. The van der Waals surface area contributed by atoms with Crippen molar-refractivity contribution in [2.45, 2.75) is 26.1 Å². The molecule has 3 aromatic heterocycles. The number of halogens is 3. The predicted molar refractivity (Wildman–Crippen MR) is 119 cm³/mol. The zero-order valence-corrected chi connectivity index (χ0v) is 18.2. The lowest BCUT2D eigenvalue weighted by atomic mass is 10.0. The molecule has 0 bridgehead atoms. The fourth-order valence-corrected chi connectivity index (χ4v) is 3.41. The Morgan fingerprint density at radius 1 is 1.03 bits per heavy atom. The topological polar surface area (TPSA) is 88.4 Å². The van der Waals surface area contributed by atoms with Gasteiger partial charge in [0.05, 0.1) is 23.4 Å². The number of pyridine rings is 2. The van der Waals surface area contributed by atoms with Gasteiger partial charge in [-0.15, -0.1) is 0 Å². The van der Waals surface area contributed by atoms with E-state index in [-0.39, 0.29) is 11.5 Å². The summed E-state index contributed by atoms with van der Waals surface area (Å²) in [5, 5.41) is 5.53. The van der Waals surface area contributed by atoms with Gasteiger partial charge in [-0.25, -0.2) is 4.98 Å². The Morgan fingerprint density at radius 3 is 2.59 bits per heavy atom. The van der Waals surface area contributed by atoms with Gasteiger partial charge in [0.15, 0.2) is 0 Å². The molecule has 0 aliphatic rings. The number of carbonyl (C=O) groups is 2. The third-order valence-corrected chi connectivity index (χ3v) is 5.33. The van der Waals surface area contributed by atoms with E-state index in [4.69, 9.17) is 0 Å². The van der Waals surface area contributed by atoms with Crippen LogP contribution in [0.2, 0.25) is 0 Å². The average molecular weight is 467 g/mol. The Bertz CT molecular complexity index is 1380. The van der Waals surface area contributed by atoms with E-state index in [2.05, 4.69) is 20.6 Å². The van der Waals surface area contributed by atoms with Crippen LogP contribution >= 0.6 is 0 Å². The smallest absolute Gasteiger partial charge is 0.345 e. The van der Waals surface area contributed by atoms with E-state index in [1.54, 1.807) is 47.9 Å². The highest BCUT2D eigenvalue weighted by Crippen LogP contribution is 2.29. The van der Waals surface area contributed by atoms with E-state index in [1.807, 2.05) is 13.0 Å². The van der Waals surface area contributed by atoms with Crippen molar-refractivity contribution in [3.05, 3.63) is 95.2 Å². The summed E-state index contributed by atoms with van der Waals surface area (Å²) in [5.41, 5.74) is 1.79. The van der Waals surface area contributed by atoms with E-state index < -0.39 is 23.7 Å². The molecule has 0 saturated carbocycles. The number of amides is 2. The molecule has 0 aliphatic carbocycles. The van der Waals surface area contributed by atoms with Crippen molar-refractivity contribution < 1.29 is 22.8 Å². The van der Waals surface area contributed by atoms with E-state index >= 15 is 0 Å². The lowest BCUT2D eigenvalue weighted by Gasteiger charge is -2.17. The summed E-state index contributed by atoms with van der Waals surface area (Å²) < 4.78 is 40.4. The number of fused-ring (bicyclic) bond motifs is 1. The molecule has 0 aliphatic heterocycles. The molecule has 174 valence electrons. The lowest BCUT2D eigenvalue weighted by molar-refractivity contribution is -0.137. The molecule has 0 saturated heterocycles. The number of nitrogens with zero attached hydrogens (tertiary/aromatic N) is 3. The predicted octanol–water partition coefficient (Wildman–Crippen LogP) is 4.80. The van der Waals surface area contributed by atoms with Crippen LogP contribution in [0.5, 0.6) is 0 Å². The summed E-state index contributed by atoms with van der Waals surface area (Å²) >= 11 is 0. The normalized spacial score (nSPS) is 12.4. The highest BCUT2D eigenvalue weighted by molar-refractivity contribution is 6.04. The van der Waals surface area contributed by atoms with Gasteiger partial charge in [0, 0.05) is 24.3 Å². The molecule has 2 amide bonds. The fourth-order valence-electron chi connectivity index (χ4n) is 3.41. The third kappa shape index (κ3) is 4.75. The van der Waals surface area contributed by atoms with Crippen LogP contribution in [0.1, 0.15) is 50.5 Å². The van der Waals surface area contributed by atoms with Gasteiger partial charge in [0.25, 0.3) is 11.8 Å². The highest BCUT2D eigenvalue weighted by Gasteiger charge is 2.31. The Kier molecular flexibility index (Phi) is 6.06. The van der Waals surface area contributed by atoms with Crippen LogP contribution in [0.3, 0.4) is 0 Å². The van der Waals surface area contributed by atoms with E-state index in [0.29, 0.717) is 28.8 Å². The van der Waals surface area contributed by atoms with E-state index in [9.17, 15) is 22.8 Å². The van der Waals surface area contributed by atoms with Crippen molar-refractivity contribution in [3.8, 4) is 0 Å². The largest absolute Gasteiger partial charge is 0.417 e. The number of imidazole rings is 1. The first-order chi connectivity index (χ1) is 16.1. The number of aryl methyl sites for hydroxylation is 1. The Balaban J connectivity index is 1.51. The standard InChI is InChI=1S/C24H20F3N5O2/c1-14-6-7-16(15(2)30-22(33)17-9-18(12-28-11-17)24(25,26)27)10-19(14)31-23(34)20-13-29-21-5-3-4-8-32(20)21/h3-13,15H,1-2H3,(H,30,33)(H,31,34)/t15-/m0/s1. The SMILES string of the molecule is Cc1ccc([C@H](C)NC(=O)c2cncc(C(F)(F)F)c2)cc1NC(=O)c1cnc2ccccn12. The summed E-state index contributed by atoms with van der Waals surface area (Å²) in [7, 11) is 0. The van der Waals surface area contributed by atoms with Crippen molar-refractivity contribution in [1.29, 1.82) is 0 Å². The summed E-state index contributed by atoms with van der Waals surface area (Å²) in [6.45, 7) is 3.52. The maximum atomic E-state index is 12.9. The molecule has 10 heteroatoms. The summed E-state index contributed by atoms with van der Waals surface area (Å²) in [6.07, 6.45) is 0.364. The zero-order valence-electron chi connectivity index (χ0n) is 18.2. The van der Waals surface area contributed by atoms with Crippen LogP contribution in [-0.4, -0.2) is 26.2 Å². The van der Waals surface area contributed by atoms with E-state index in [0.717, 1.165) is 17.8 Å². The van der Waals surface area contributed by atoms with Crippen molar-refractivity contribution in [2.24, 2.45) is 0 Å². The molecular weight excluding hydrogens is 447 g/mol. The van der Waals surface area contributed by atoms with Crippen LogP contribution in [0.15, 0.2) is 67.3 Å². The van der Waals surface area contributed by atoms with Gasteiger partial charge >= 0.3 is 6.18 Å². The number of anilines is 1. The number of alkyl halides is 3. The summed E-state index contributed by atoms with van der Waals surface area (Å²) in [6, 6.07) is 10.9. The Morgan fingerprint density at radius 2 is 1.82 bits per heavy atom. The van der Waals surface area contributed by atoms with E-state index in [1.165, 1.54) is 6.20 Å². The second-order valence-corrected chi connectivity index (χ2v) is 7.76. The number of hydrogen-bond acceptors (Lipinski definition) is 4. The molecule has 7 nitrogen and oxygen atoms in total. The minimum atomic E-state index is -4.60. The zero-order chi connectivity index (χ0) is 24.5. The second-order valence-electron chi connectivity index (χ2n) is 7.76. The quantitative estimate of drug-likeness (QED) is 0.441. The first-order valence-corrected chi connectivity index (χ1v) is 10.3. The van der Waals surface area contributed by atoms with Gasteiger partial charge in [0.2, 0.25) is 0 Å². The number of hydrogen-bond donors (Lipinski definition) is 2. The van der Waals surface area contributed by atoms with Crippen LogP contribution in [-0.2, 0) is 6.18 Å². The van der Waals surface area contributed by atoms with Crippen molar-refractivity contribution in [1.82, 2.24) is 19.7 Å². The number of carbonyl (C=O) groups excluding carboxylic acids is 2. The van der Waals surface area contributed by atoms with Gasteiger partial charge in [-0.1, -0.05) is 18.2 Å². The van der Waals surface area contributed by atoms with Gasteiger partial charge in [-0.2, -0.15) is 13.2 Å². The fraction of sp³-hybridized carbons (Fsp3) is 0.167. The lowest BCUT2D eigenvalue weighted by Crippen LogP contribution is -2.27. The summed E-state index contributed by atoms with van der Waals surface area (Å²) in [4.78, 5) is 33.1. The minimum Gasteiger partial charge on any atom is -0.345 e. The molecule has 4 rings (SSSR count). The van der Waals surface area contributed by atoms with Crippen LogP contribution in [0.4, 0.5) is 18.9 Å². The third-order valence-electron chi connectivity index (χ3n) is 5.33. The molecule has 1 atom stereocenters. The maximum Gasteiger partial charge on any atom is 0.417 e. The molecule has 34 heavy (non-hydrogen) atoms. The van der Waals surface area contributed by atoms with Gasteiger partial charge in [-0.3, -0.25) is 19.0 Å². The minimum absolute atomic E-state index is 0.199. The van der Waals surface area contributed by atoms with Crippen molar-refractivity contribution >= 4 is 23.1 Å².